The average molecular weight is 498 g/mol. The van der Waals surface area contributed by atoms with Gasteiger partial charge in [0.25, 0.3) is 0 Å². The van der Waals surface area contributed by atoms with E-state index in [9.17, 15) is 0 Å². The van der Waals surface area contributed by atoms with E-state index >= 15 is 0 Å². The van der Waals surface area contributed by atoms with E-state index in [1.54, 1.807) is 0 Å². The molecule has 4 aromatic carbocycles. The lowest BCUT2D eigenvalue weighted by atomic mass is 10.2. The van der Waals surface area contributed by atoms with Crippen LogP contribution in [0.5, 0.6) is 0 Å². The van der Waals surface area contributed by atoms with Crippen LogP contribution in [0.2, 0.25) is 18.1 Å². The Morgan fingerprint density at radius 2 is 1.18 bits per heavy atom. The first kappa shape index (κ1) is 23.4. The quantitative estimate of drug-likeness (QED) is 0.207. The molecule has 34 heavy (non-hydrogen) atoms. The molecule has 1 aliphatic rings. The van der Waals surface area contributed by atoms with Crippen LogP contribution in [0, 0.1) is 0 Å². The van der Waals surface area contributed by atoms with Crippen molar-refractivity contribution in [1.82, 2.24) is 0 Å². The van der Waals surface area contributed by atoms with Gasteiger partial charge in [0.2, 0.25) is 0 Å². The van der Waals surface area contributed by atoms with Crippen molar-refractivity contribution in [3.8, 4) is 0 Å². The Bertz CT molecular complexity index is 1260. The number of fused-ring (bicyclic) bond motifs is 2. The maximum Gasteiger partial charge on any atom is 0.161 e. The second-order valence-corrected chi connectivity index (χ2v) is 18.7. The van der Waals surface area contributed by atoms with Gasteiger partial charge in [0.1, 0.15) is 0 Å². The van der Waals surface area contributed by atoms with E-state index in [1.807, 2.05) is 11.8 Å². The van der Waals surface area contributed by atoms with Gasteiger partial charge in [-0.2, -0.15) is 0 Å². The van der Waals surface area contributed by atoms with Crippen molar-refractivity contribution in [2.45, 2.75) is 48.7 Å². The second-order valence-electron chi connectivity index (χ2n) is 10.3. The van der Waals surface area contributed by atoms with Crippen LogP contribution >= 0.6 is 19.7 Å². The van der Waals surface area contributed by atoms with Crippen LogP contribution in [0.4, 0.5) is 11.4 Å². The molecule has 4 heteroatoms. The van der Waals surface area contributed by atoms with E-state index in [0.29, 0.717) is 0 Å². The maximum absolute atomic E-state index is 2.78. The minimum absolute atomic E-state index is 0.203. The van der Waals surface area contributed by atoms with E-state index in [0.717, 1.165) is 0 Å². The van der Waals surface area contributed by atoms with Crippen molar-refractivity contribution in [1.29, 1.82) is 0 Å². The summed E-state index contributed by atoms with van der Waals surface area (Å²) in [7, 11) is -2.65. The molecule has 0 amide bonds. The van der Waals surface area contributed by atoms with Crippen LogP contribution in [0.1, 0.15) is 20.8 Å². The molecule has 1 heterocycles. The van der Waals surface area contributed by atoms with Gasteiger partial charge in [0.15, 0.2) is 8.24 Å². The fourth-order valence-corrected chi connectivity index (χ4v) is 10.6. The normalized spacial score (nSPS) is 13.5. The summed E-state index contributed by atoms with van der Waals surface area (Å²) in [5.41, 5.74) is 2.80. The lowest BCUT2D eigenvalue weighted by molar-refractivity contribution is 0.714. The topological polar surface area (TPSA) is 3.24 Å². The Hall–Kier alpha value is -2.32. The predicted octanol–water partition coefficient (Wildman–Crippen LogP) is 8.05. The van der Waals surface area contributed by atoms with Gasteiger partial charge in [-0.15, -0.1) is 0 Å². The zero-order chi connectivity index (χ0) is 23.9. The Morgan fingerprint density at radius 1 is 0.647 bits per heavy atom. The lowest BCUT2D eigenvalue weighted by Crippen LogP contribution is -2.55. The van der Waals surface area contributed by atoms with Gasteiger partial charge in [-0.1, -0.05) is 131 Å². The highest BCUT2D eigenvalue weighted by Crippen LogP contribution is 2.55. The number of nitrogens with zero attached hydrogens (tertiary/aromatic N) is 1. The van der Waals surface area contributed by atoms with Crippen molar-refractivity contribution >= 4 is 55.2 Å². The SMILES string of the molecule is CC(C)(C)[Si](C)(C)N1c2ccccc2Sc2cccc(P(c3ccccc3)c3ccccc3)c21. The molecular weight excluding hydrogens is 465 g/mol. The summed E-state index contributed by atoms with van der Waals surface area (Å²) in [6, 6.07) is 38.1. The summed E-state index contributed by atoms with van der Waals surface area (Å²) < 4.78 is 2.78. The van der Waals surface area contributed by atoms with Gasteiger partial charge in [-0.25, -0.2) is 0 Å². The highest BCUT2D eigenvalue weighted by atomic mass is 32.2. The molecule has 0 spiro atoms. The van der Waals surface area contributed by atoms with Gasteiger partial charge < -0.3 is 4.57 Å². The predicted molar refractivity (Wildman–Crippen MR) is 155 cm³/mol. The molecule has 1 aliphatic heterocycles. The van der Waals surface area contributed by atoms with Gasteiger partial charge in [0.05, 0.1) is 5.69 Å². The monoisotopic (exact) mass is 497 g/mol. The fraction of sp³-hybridized carbons (Fsp3) is 0.200. The van der Waals surface area contributed by atoms with Crippen LogP contribution in [0.15, 0.2) is 113 Å². The summed E-state index contributed by atoms with van der Waals surface area (Å²) in [5, 5.41) is 4.46. The summed E-state index contributed by atoms with van der Waals surface area (Å²) in [6.07, 6.45) is 0. The smallest absolute Gasteiger partial charge is 0.161 e. The molecule has 0 radical (unpaired) electrons. The van der Waals surface area contributed by atoms with Crippen LogP contribution in [-0.2, 0) is 0 Å². The number of rotatable bonds is 4. The highest BCUT2D eigenvalue weighted by Gasteiger charge is 2.46. The van der Waals surface area contributed by atoms with E-state index in [4.69, 9.17) is 0 Å². The molecule has 172 valence electrons. The van der Waals surface area contributed by atoms with Gasteiger partial charge in [-0.05, 0) is 41.8 Å². The fourth-order valence-electron chi connectivity index (χ4n) is 4.46. The third kappa shape index (κ3) is 4.04. The molecule has 0 bridgehead atoms. The summed E-state index contributed by atoms with van der Waals surface area (Å²) >= 11 is 1.93. The molecule has 0 unspecified atom stereocenters. The van der Waals surface area contributed by atoms with Crippen molar-refractivity contribution in [2.24, 2.45) is 0 Å². The molecule has 5 rings (SSSR count). The zero-order valence-corrected chi connectivity index (χ0v) is 23.3. The molecule has 1 nitrogen and oxygen atoms in total. The lowest BCUT2D eigenvalue weighted by Gasteiger charge is -2.50. The third-order valence-corrected chi connectivity index (χ3v) is 16.0. The molecule has 0 saturated heterocycles. The molecule has 0 saturated carbocycles. The van der Waals surface area contributed by atoms with E-state index < -0.39 is 16.2 Å². The zero-order valence-electron chi connectivity index (χ0n) is 20.6. The largest absolute Gasteiger partial charge is 0.366 e. The van der Waals surface area contributed by atoms with Crippen LogP contribution < -0.4 is 20.5 Å². The standard InChI is InChI=1S/C30H32NPSSi/c1-30(2,3)34(4,5)31-25-19-12-13-21-27(25)33-28-22-14-20-26(29(28)31)32(23-15-8-6-9-16-23)24-17-10-7-11-18-24/h6-22H,1-5H3. The van der Waals surface area contributed by atoms with Gasteiger partial charge >= 0.3 is 0 Å². The maximum atomic E-state index is 2.78. The first-order valence-corrected chi connectivity index (χ1v) is 17.0. The molecule has 4 aromatic rings. The van der Waals surface area contributed by atoms with Crippen molar-refractivity contribution < 1.29 is 0 Å². The van der Waals surface area contributed by atoms with Crippen molar-refractivity contribution in [2.75, 3.05) is 4.57 Å². The minimum atomic E-state index is -1.96. The van der Waals surface area contributed by atoms with Gasteiger partial charge in [0, 0.05) is 20.8 Å². The molecule has 0 aliphatic carbocycles. The molecule has 0 N–H and O–H groups in total. The first-order chi connectivity index (χ1) is 16.3. The van der Waals surface area contributed by atoms with E-state index in [-0.39, 0.29) is 5.04 Å². The molecule has 0 aromatic heterocycles. The Kier molecular flexibility index (Phi) is 6.23. The summed E-state index contributed by atoms with van der Waals surface area (Å²) in [6.45, 7) is 12.3. The minimum Gasteiger partial charge on any atom is -0.366 e. The van der Waals surface area contributed by atoms with Gasteiger partial charge in [-0.3, -0.25) is 0 Å². The third-order valence-electron chi connectivity index (χ3n) is 7.19. The molecule has 0 atom stereocenters. The first-order valence-electron chi connectivity index (χ1n) is 11.9. The number of para-hydroxylation sites is 2. The Labute approximate surface area is 211 Å². The molecule has 0 fully saturated rings. The van der Waals surface area contributed by atoms with Crippen molar-refractivity contribution in [3.63, 3.8) is 0 Å². The van der Waals surface area contributed by atoms with Crippen LogP contribution in [0.25, 0.3) is 0 Å². The number of hydrogen-bond donors (Lipinski definition) is 0. The number of benzene rings is 4. The summed E-state index contributed by atoms with van der Waals surface area (Å²) in [4.78, 5) is 2.74. The van der Waals surface area contributed by atoms with E-state index in [2.05, 4.69) is 142 Å². The van der Waals surface area contributed by atoms with Crippen LogP contribution in [0.3, 0.4) is 0 Å². The van der Waals surface area contributed by atoms with E-state index in [1.165, 1.54) is 37.1 Å². The second kappa shape index (κ2) is 9.04. The van der Waals surface area contributed by atoms with Crippen LogP contribution in [-0.4, -0.2) is 8.24 Å². The van der Waals surface area contributed by atoms with Crippen molar-refractivity contribution in [3.05, 3.63) is 103 Å². The Morgan fingerprint density at radius 3 is 1.76 bits per heavy atom. The summed E-state index contributed by atoms with van der Waals surface area (Å²) in [5.74, 6) is 0. The average Bonchev–Trinajstić information content (AvgIpc) is 2.83. The number of anilines is 2. The molecular formula is C30H32NPSSi. The Balaban J connectivity index is 1.81. The highest BCUT2D eigenvalue weighted by molar-refractivity contribution is 7.99. The number of hydrogen-bond acceptors (Lipinski definition) is 2.